The minimum absolute atomic E-state index is 0. The van der Waals surface area contributed by atoms with Crippen LogP contribution in [0.4, 0.5) is 0 Å². The third-order valence-electron chi connectivity index (χ3n) is 0.295. The van der Waals surface area contributed by atoms with Crippen LogP contribution in [0, 0.1) is 0 Å². The molecule has 0 saturated carbocycles. The topological polar surface area (TPSA) is 29.5 Å². The Morgan fingerprint density at radius 3 is 2.14 bits per heavy atom. The van der Waals surface area contributed by atoms with Gasteiger partial charge >= 0.3 is 18.9 Å². The molecule has 0 aliphatic heterocycles. The summed E-state index contributed by atoms with van der Waals surface area (Å²) in [4.78, 5) is 0. The number of methoxy groups -OCH3 is 1. The second-order valence-electron chi connectivity index (χ2n) is 0.716. The van der Waals surface area contributed by atoms with Gasteiger partial charge in [-0.15, -0.1) is 0 Å². The first-order chi connectivity index (χ1) is 2.41. The van der Waals surface area contributed by atoms with E-state index in [1.807, 2.05) is 0 Å². The van der Waals surface area contributed by atoms with Crippen LogP contribution >= 0.6 is 0 Å². The van der Waals surface area contributed by atoms with Crippen molar-refractivity contribution in [3.05, 3.63) is 0 Å². The Bertz CT molecular complexity index is 24.8. The van der Waals surface area contributed by atoms with Gasteiger partial charge in [0.15, 0.2) is 17.4 Å². The standard InChI is InChI=1S/C3H8O2.Al.Li.4H/c1-5-3-2-4;;;;;;/h4H,2-3H2,1H3;;;;;;/q;;+1;;;;-1. The van der Waals surface area contributed by atoms with Gasteiger partial charge in [0, 0.05) is 7.11 Å². The summed E-state index contributed by atoms with van der Waals surface area (Å²) in [5.41, 5.74) is 0. The van der Waals surface area contributed by atoms with Gasteiger partial charge in [0.25, 0.3) is 0 Å². The van der Waals surface area contributed by atoms with Gasteiger partial charge in [0.1, 0.15) is 0 Å². The van der Waals surface area contributed by atoms with Crippen LogP contribution in [0.2, 0.25) is 0 Å². The number of hydrogen-bond acceptors (Lipinski definition) is 2. The monoisotopic (exact) mass is 114 g/mol. The van der Waals surface area contributed by atoms with Crippen LogP contribution in [0.5, 0.6) is 0 Å². The zero-order valence-corrected chi connectivity index (χ0v) is 4.27. The third kappa shape index (κ3) is 19.3. The van der Waals surface area contributed by atoms with Gasteiger partial charge in [-0.3, -0.25) is 0 Å². The fourth-order valence-electron chi connectivity index (χ4n) is 0.0913. The molecule has 0 rings (SSSR count). The number of ether oxygens (including phenoxy) is 1. The molecule has 0 radical (unpaired) electrons. The van der Waals surface area contributed by atoms with Crippen LogP contribution in [-0.2, 0) is 4.74 Å². The van der Waals surface area contributed by atoms with E-state index in [1.165, 1.54) is 0 Å². The van der Waals surface area contributed by atoms with E-state index >= 15 is 0 Å². The van der Waals surface area contributed by atoms with Gasteiger partial charge in [0.05, 0.1) is 13.2 Å². The molecule has 0 heterocycles. The van der Waals surface area contributed by atoms with E-state index in [2.05, 4.69) is 4.74 Å². The van der Waals surface area contributed by atoms with E-state index in [-0.39, 0.29) is 44.3 Å². The molecule has 0 aromatic heterocycles. The Kier molecular flexibility index (Phi) is 35.3. The van der Waals surface area contributed by atoms with Crippen molar-refractivity contribution in [1.29, 1.82) is 0 Å². The van der Waals surface area contributed by atoms with Crippen LogP contribution in [0.25, 0.3) is 0 Å². The predicted molar refractivity (Wildman–Crippen MR) is 30.0 cm³/mol. The largest absolute Gasteiger partial charge is 1.00 e. The van der Waals surface area contributed by atoms with E-state index in [0.717, 1.165) is 0 Å². The summed E-state index contributed by atoms with van der Waals surface area (Å²) in [5, 5.41) is 7.94. The number of aliphatic hydroxyl groups excluding tert-OH is 1. The van der Waals surface area contributed by atoms with Crippen LogP contribution in [0.1, 0.15) is 1.43 Å². The number of aliphatic hydroxyl groups is 1. The summed E-state index contributed by atoms with van der Waals surface area (Å²) < 4.78 is 4.44. The van der Waals surface area contributed by atoms with Crippen LogP contribution < -0.4 is 18.9 Å². The predicted octanol–water partition coefficient (Wildman–Crippen LogP) is -4.44. The summed E-state index contributed by atoms with van der Waals surface area (Å²) in [6.07, 6.45) is 0. The van der Waals surface area contributed by atoms with Gasteiger partial charge in [0.2, 0.25) is 0 Å². The maximum atomic E-state index is 7.94. The first kappa shape index (κ1) is 15.7. The van der Waals surface area contributed by atoms with Crippen molar-refractivity contribution in [1.82, 2.24) is 0 Å². The second-order valence-corrected chi connectivity index (χ2v) is 0.716. The van der Waals surface area contributed by atoms with Crippen LogP contribution in [0.15, 0.2) is 0 Å². The van der Waals surface area contributed by atoms with Crippen molar-refractivity contribution >= 4 is 17.4 Å². The molecular formula is C3H12AlLiO2. The molecule has 1 N–H and O–H groups in total. The molecule has 0 atom stereocenters. The molecule has 0 spiro atoms. The Labute approximate surface area is 68.0 Å². The molecular weight excluding hydrogens is 102 g/mol. The Morgan fingerprint density at radius 2 is 2.14 bits per heavy atom. The van der Waals surface area contributed by atoms with Gasteiger partial charge in [-0.1, -0.05) is 0 Å². The molecule has 0 fully saturated rings. The Hall–Kier alpha value is 1.05. The molecule has 0 aromatic carbocycles. The van der Waals surface area contributed by atoms with E-state index < -0.39 is 0 Å². The molecule has 40 valence electrons. The quantitative estimate of drug-likeness (QED) is 0.367. The van der Waals surface area contributed by atoms with Crippen molar-refractivity contribution in [3.8, 4) is 0 Å². The number of rotatable bonds is 2. The first-order valence-corrected chi connectivity index (χ1v) is 1.51. The molecule has 7 heavy (non-hydrogen) atoms. The van der Waals surface area contributed by atoms with Gasteiger partial charge in [-0.2, -0.15) is 0 Å². The summed E-state index contributed by atoms with van der Waals surface area (Å²) in [7, 11) is 1.55. The molecule has 2 nitrogen and oxygen atoms in total. The average molecular weight is 114 g/mol. The summed E-state index contributed by atoms with van der Waals surface area (Å²) in [5.74, 6) is 0. The molecule has 0 bridgehead atoms. The normalized spacial score (nSPS) is 6.00. The molecule has 0 aliphatic rings. The minimum Gasteiger partial charge on any atom is -1.00 e. The van der Waals surface area contributed by atoms with Crippen LogP contribution in [-0.4, -0.2) is 42.8 Å². The fourth-order valence-corrected chi connectivity index (χ4v) is 0.0913. The maximum absolute atomic E-state index is 7.94. The average Bonchev–Trinajstić information content (AvgIpc) is 1.41. The molecule has 0 aliphatic carbocycles. The zero-order chi connectivity index (χ0) is 4.12. The first-order valence-electron chi connectivity index (χ1n) is 1.51. The van der Waals surface area contributed by atoms with Crippen molar-refractivity contribution in [2.75, 3.05) is 20.3 Å². The van der Waals surface area contributed by atoms with Gasteiger partial charge < -0.3 is 11.3 Å². The molecule has 0 aromatic rings. The molecule has 0 saturated heterocycles. The van der Waals surface area contributed by atoms with Crippen molar-refractivity contribution < 1.29 is 30.1 Å². The van der Waals surface area contributed by atoms with Crippen molar-refractivity contribution in [2.24, 2.45) is 0 Å². The van der Waals surface area contributed by atoms with Crippen molar-refractivity contribution in [2.45, 2.75) is 0 Å². The van der Waals surface area contributed by atoms with Gasteiger partial charge in [-0.25, -0.2) is 0 Å². The Morgan fingerprint density at radius 1 is 1.71 bits per heavy atom. The number of hydrogen-bond donors (Lipinski definition) is 1. The maximum Gasteiger partial charge on any atom is 1.00 e. The fraction of sp³-hybridized carbons (Fsp3) is 1.00. The van der Waals surface area contributed by atoms with E-state index in [1.54, 1.807) is 7.11 Å². The molecule has 0 amide bonds. The summed E-state index contributed by atoms with van der Waals surface area (Å²) >= 11 is 0. The summed E-state index contributed by atoms with van der Waals surface area (Å²) in [6.45, 7) is 0.566. The third-order valence-corrected chi connectivity index (χ3v) is 0.295. The SMILES string of the molecule is COCCO.[AlH3].[H-].[Li+]. The smallest absolute Gasteiger partial charge is 1.00 e. The summed E-state index contributed by atoms with van der Waals surface area (Å²) in [6, 6.07) is 0. The Balaban J connectivity index is -0.0000000267. The zero-order valence-electron chi connectivity index (χ0n) is 5.27. The molecule has 0 unspecified atom stereocenters. The van der Waals surface area contributed by atoms with Crippen LogP contribution in [0.3, 0.4) is 0 Å². The van der Waals surface area contributed by atoms with Gasteiger partial charge in [-0.05, 0) is 0 Å². The van der Waals surface area contributed by atoms with E-state index in [9.17, 15) is 0 Å². The second kappa shape index (κ2) is 15.7. The van der Waals surface area contributed by atoms with E-state index in [4.69, 9.17) is 5.11 Å². The molecule has 4 heteroatoms. The van der Waals surface area contributed by atoms with Crippen molar-refractivity contribution in [3.63, 3.8) is 0 Å². The minimum atomic E-state index is 0. The van der Waals surface area contributed by atoms with E-state index in [0.29, 0.717) is 6.61 Å².